The molecule has 2 aromatic rings. The Morgan fingerprint density at radius 2 is 2.12 bits per heavy atom. The normalized spacial score (nSPS) is 18.2. The molecule has 7 heteroatoms. The van der Waals surface area contributed by atoms with Crippen molar-refractivity contribution in [3.8, 4) is 0 Å². The minimum atomic E-state index is -0.293. The maximum Gasteiger partial charge on any atom is 0.257 e. The second kappa shape index (κ2) is 6.76. The van der Waals surface area contributed by atoms with Gasteiger partial charge in [-0.05, 0) is 27.2 Å². The smallest absolute Gasteiger partial charge is 0.257 e. The first-order valence-corrected chi connectivity index (χ1v) is 8.39. The molecule has 0 radical (unpaired) electrons. The predicted molar refractivity (Wildman–Crippen MR) is 87.9 cm³/mol. The Morgan fingerprint density at radius 3 is 2.79 bits per heavy atom. The average Bonchev–Trinajstić information content (AvgIpc) is 3.13. The number of H-pyrrole nitrogens is 1. The molecule has 0 aliphatic carbocycles. The summed E-state index contributed by atoms with van der Waals surface area (Å²) in [4.78, 5) is 19.2. The van der Waals surface area contributed by atoms with E-state index in [-0.39, 0.29) is 12.0 Å². The summed E-state index contributed by atoms with van der Waals surface area (Å²) in [5.74, 6) is 2.92. The second-order valence-electron chi connectivity index (χ2n) is 6.22. The van der Waals surface area contributed by atoms with Crippen molar-refractivity contribution in [1.29, 1.82) is 0 Å². The van der Waals surface area contributed by atoms with Crippen molar-refractivity contribution in [3.05, 3.63) is 34.3 Å². The van der Waals surface area contributed by atoms with Crippen molar-refractivity contribution in [2.24, 2.45) is 0 Å². The molecule has 1 N–H and O–H groups in total. The number of nitrogens with one attached hydrogen (secondary N) is 1. The van der Waals surface area contributed by atoms with E-state index >= 15 is 0 Å². The average molecular weight is 332 g/mol. The number of morpholine rings is 1. The molecule has 24 heavy (non-hydrogen) atoms. The van der Waals surface area contributed by atoms with Crippen molar-refractivity contribution >= 4 is 5.91 Å². The monoisotopic (exact) mass is 332 g/mol. The molecule has 2 aromatic heterocycles. The van der Waals surface area contributed by atoms with Crippen LogP contribution in [0.5, 0.6) is 0 Å². The second-order valence-corrected chi connectivity index (χ2v) is 6.22. The van der Waals surface area contributed by atoms with Crippen molar-refractivity contribution in [3.63, 3.8) is 0 Å². The Balaban J connectivity index is 1.76. The van der Waals surface area contributed by atoms with Gasteiger partial charge < -0.3 is 14.1 Å². The van der Waals surface area contributed by atoms with E-state index in [1.54, 1.807) is 4.90 Å². The Labute approximate surface area is 141 Å². The van der Waals surface area contributed by atoms with Crippen LogP contribution in [0.4, 0.5) is 0 Å². The van der Waals surface area contributed by atoms with Crippen molar-refractivity contribution in [1.82, 2.24) is 20.1 Å². The third kappa shape index (κ3) is 3.08. The molecule has 3 heterocycles. The maximum atomic E-state index is 12.9. The van der Waals surface area contributed by atoms with Crippen LogP contribution in [-0.4, -0.2) is 45.7 Å². The minimum Gasteiger partial charge on any atom is -0.466 e. The summed E-state index contributed by atoms with van der Waals surface area (Å²) in [5, 5.41) is 7.19. The molecule has 0 spiro atoms. The highest BCUT2D eigenvalue weighted by Crippen LogP contribution is 2.25. The zero-order chi connectivity index (χ0) is 17.3. The van der Waals surface area contributed by atoms with Gasteiger partial charge in [-0.2, -0.15) is 5.10 Å². The van der Waals surface area contributed by atoms with E-state index in [0.717, 1.165) is 30.0 Å². The number of amides is 1. The van der Waals surface area contributed by atoms with Crippen molar-refractivity contribution in [2.75, 3.05) is 19.7 Å². The molecule has 0 unspecified atom stereocenters. The van der Waals surface area contributed by atoms with E-state index in [0.29, 0.717) is 36.8 Å². The van der Waals surface area contributed by atoms with Gasteiger partial charge in [-0.15, -0.1) is 0 Å². The molecule has 1 aliphatic heterocycles. The highest BCUT2D eigenvalue weighted by molar-refractivity contribution is 5.97. The van der Waals surface area contributed by atoms with Crippen LogP contribution in [0, 0.1) is 20.8 Å². The highest BCUT2D eigenvalue weighted by atomic mass is 16.5. The number of hydrogen-bond acceptors (Lipinski definition) is 5. The lowest BCUT2D eigenvalue weighted by molar-refractivity contribution is -0.0267. The number of aryl methyl sites for hydroxylation is 3. The fraction of sp³-hybridized carbons (Fsp3) is 0.588. The van der Waals surface area contributed by atoms with Gasteiger partial charge in [0.15, 0.2) is 5.82 Å². The van der Waals surface area contributed by atoms with Crippen LogP contribution in [-0.2, 0) is 11.2 Å². The van der Waals surface area contributed by atoms with Gasteiger partial charge in [0.25, 0.3) is 5.91 Å². The van der Waals surface area contributed by atoms with E-state index in [2.05, 4.69) is 22.1 Å². The number of aromatic amines is 1. The minimum absolute atomic E-state index is 0.0144. The first-order valence-electron chi connectivity index (χ1n) is 8.39. The lowest BCUT2D eigenvalue weighted by Crippen LogP contribution is -2.42. The summed E-state index contributed by atoms with van der Waals surface area (Å²) in [6, 6.07) is 0. The molecule has 130 valence electrons. The third-order valence-electron chi connectivity index (χ3n) is 4.45. The van der Waals surface area contributed by atoms with E-state index < -0.39 is 0 Å². The van der Waals surface area contributed by atoms with Gasteiger partial charge in [0.05, 0.1) is 18.7 Å². The zero-order valence-electron chi connectivity index (χ0n) is 14.7. The highest BCUT2D eigenvalue weighted by Gasteiger charge is 2.31. The number of nitrogens with zero attached hydrogens (tertiary/aromatic N) is 3. The maximum absolute atomic E-state index is 12.9. The van der Waals surface area contributed by atoms with Gasteiger partial charge in [-0.25, -0.2) is 4.98 Å². The Morgan fingerprint density at radius 1 is 1.33 bits per heavy atom. The third-order valence-corrected chi connectivity index (χ3v) is 4.45. The number of hydrogen-bond donors (Lipinski definition) is 1. The molecule has 0 aromatic carbocycles. The summed E-state index contributed by atoms with van der Waals surface area (Å²) in [5.41, 5.74) is 1.57. The summed E-state index contributed by atoms with van der Waals surface area (Å²) in [7, 11) is 0. The van der Waals surface area contributed by atoms with Gasteiger partial charge in [0, 0.05) is 18.5 Å². The van der Waals surface area contributed by atoms with Crippen LogP contribution in [0.25, 0.3) is 0 Å². The van der Waals surface area contributed by atoms with Crippen LogP contribution < -0.4 is 0 Å². The number of furan rings is 1. The molecule has 1 fully saturated rings. The molecule has 1 aliphatic rings. The molecule has 1 saturated heterocycles. The fourth-order valence-corrected chi connectivity index (χ4v) is 3.06. The van der Waals surface area contributed by atoms with Crippen LogP contribution >= 0.6 is 0 Å². The molecule has 0 bridgehead atoms. The zero-order valence-corrected chi connectivity index (χ0v) is 14.7. The molecule has 7 nitrogen and oxygen atoms in total. The summed E-state index contributed by atoms with van der Waals surface area (Å²) in [6.07, 6.45) is 1.57. The van der Waals surface area contributed by atoms with E-state index in [1.807, 2.05) is 20.8 Å². The first kappa shape index (κ1) is 16.7. The Kier molecular flexibility index (Phi) is 4.71. The Hall–Kier alpha value is -2.15. The lowest BCUT2D eigenvalue weighted by Gasteiger charge is -2.31. The molecule has 1 amide bonds. The standard InChI is InChI=1S/C17H24N4O3/c1-5-6-14-18-16(20-19-14)13-9-21(7-8-23-13)17(22)15-10(2)11(3)24-12(15)4/h13H,5-9H2,1-4H3,(H,18,19,20)/t13-/m0/s1. The van der Waals surface area contributed by atoms with E-state index in [4.69, 9.17) is 9.15 Å². The van der Waals surface area contributed by atoms with Gasteiger partial charge in [-0.3, -0.25) is 9.89 Å². The first-order chi connectivity index (χ1) is 11.5. The van der Waals surface area contributed by atoms with Crippen LogP contribution in [0.2, 0.25) is 0 Å². The summed E-state index contributed by atoms with van der Waals surface area (Å²) < 4.78 is 11.4. The molecule has 1 atom stereocenters. The number of carbonyl (C=O) groups is 1. The number of carbonyl (C=O) groups excluding carboxylic acids is 1. The Bertz CT molecular complexity index is 734. The molecular weight excluding hydrogens is 308 g/mol. The number of aromatic nitrogens is 3. The summed E-state index contributed by atoms with van der Waals surface area (Å²) in [6.45, 7) is 9.21. The quantitative estimate of drug-likeness (QED) is 0.930. The largest absolute Gasteiger partial charge is 0.466 e. The van der Waals surface area contributed by atoms with Crippen LogP contribution in [0.3, 0.4) is 0 Å². The van der Waals surface area contributed by atoms with Gasteiger partial charge in [0.1, 0.15) is 23.4 Å². The SMILES string of the molecule is CCCc1nc([C@@H]2CN(C(=O)c3c(C)oc(C)c3C)CCO2)n[nH]1. The van der Waals surface area contributed by atoms with Gasteiger partial charge >= 0.3 is 0 Å². The number of rotatable bonds is 4. The van der Waals surface area contributed by atoms with E-state index in [9.17, 15) is 4.79 Å². The fourth-order valence-electron chi connectivity index (χ4n) is 3.06. The molecule has 3 rings (SSSR count). The van der Waals surface area contributed by atoms with Crippen LogP contribution in [0.1, 0.15) is 58.5 Å². The summed E-state index contributed by atoms with van der Waals surface area (Å²) >= 11 is 0. The van der Waals surface area contributed by atoms with Gasteiger partial charge in [-0.1, -0.05) is 6.92 Å². The molecule has 0 saturated carbocycles. The van der Waals surface area contributed by atoms with Gasteiger partial charge in [0.2, 0.25) is 0 Å². The number of ether oxygens (including phenoxy) is 1. The lowest BCUT2D eigenvalue weighted by atomic mass is 10.1. The van der Waals surface area contributed by atoms with Crippen LogP contribution in [0.15, 0.2) is 4.42 Å². The predicted octanol–water partition coefficient (Wildman–Crippen LogP) is 2.49. The topological polar surface area (TPSA) is 84.2 Å². The van der Waals surface area contributed by atoms with E-state index in [1.165, 1.54) is 0 Å². The molecular formula is C17H24N4O3. The van der Waals surface area contributed by atoms with Crippen molar-refractivity contribution in [2.45, 2.75) is 46.6 Å². The van der Waals surface area contributed by atoms with Crippen molar-refractivity contribution < 1.29 is 13.9 Å².